The van der Waals surface area contributed by atoms with Gasteiger partial charge in [0.1, 0.15) is 12.8 Å². The number of carbonyl (C=O) groups excluding carboxylic acids is 1. The van der Waals surface area contributed by atoms with E-state index in [1.165, 1.54) is 19.1 Å². The Kier molecular flexibility index (Phi) is 6.73. The third-order valence-electron chi connectivity index (χ3n) is 2.46. The van der Waals surface area contributed by atoms with Crippen molar-refractivity contribution in [2.45, 2.75) is 24.8 Å². The van der Waals surface area contributed by atoms with Crippen molar-refractivity contribution in [1.29, 1.82) is 0 Å². The quantitative estimate of drug-likeness (QED) is 0.411. The molecule has 0 saturated heterocycles. The molecule has 0 heterocycles. The zero-order valence-electron chi connectivity index (χ0n) is 11.7. The largest absolute Gasteiger partial charge is 0.439 e. The van der Waals surface area contributed by atoms with Gasteiger partial charge in [0.2, 0.25) is 0 Å². The van der Waals surface area contributed by atoms with Crippen LogP contribution in [0.1, 0.15) is 12.5 Å². The van der Waals surface area contributed by atoms with Gasteiger partial charge in [0.05, 0.1) is 11.5 Å². The number of carbonyl (C=O) groups is 1. The predicted octanol–water partition coefficient (Wildman–Crippen LogP) is 1.58. The average molecular weight is 320 g/mol. The summed E-state index contributed by atoms with van der Waals surface area (Å²) in [6, 6.07) is 6.05. The number of hydrogen-bond acceptors (Lipinski definition) is 6. The van der Waals surface area contributed by atoms with Crippen molar-refractivity contribution in [1.82, 2.24) is 0 Å². The monoisotopic (exact) mass is 320 g/mol. The molecule has 0 radical (unpaired) electrons. The SMILES string of the molecule is CC(=O)OCO[C@@H](CF)COS(=O)(=O)c1ccc(C)cc1. The van der Waals surface area contributed by atoms with Crippen LogP contribution in [0.5, 0.6) is 0 Å². The Hall–Kier alpha value is -1.51. The van der Waals surface area contributed by atoms with Crippen molar-refractivity contribution in [2.24, 2.45) is 0 Å². The van der Waals surface area contributed by atoms with Crippen molar-refractivity contribution in [3.05, 3.63) is 29.8 Å². The van der Waals surface area contributed by atoms with Crippen LogP contribution in [0.4, 0.5) is 4.39 Å². The summed E-state index contributed by atoms with van der Waals surface area (Å²) < 4.78 is 50.4. The van der Waals surface area contributed by atoms with Gasteiger partial charge in [-0.15, -0.1) is 0 Å². The molecule has 1 aromatic carbocycles. The van der Waals surface area contributed by atoms with Crippen molar-refractivity contribution in [3.8, 4) is 0 Å². The number of rotatable bonds is 8. The zero-order valence-corrected chi connectivity index (χ0v) is 12.6. The zero-order chi connectivity index (χ0) is 15.9. The maximum atomic E-state index is 12.7. The highest BCUT2D eigenvalue weighted by atomic mass is 32.2. The first-order valence-electron chi connectivity index (χ1n) is 6.12. The Morgan fingerprint density at radius 2 is 1.90 bits per heavy atom. The van der Waals surface area contributed by atoms with Gasteiger partial charge in [-0.1, -0.05) is 17.7 Å². The molecule has 0 bridgehead atoms. The van der Waals surface area contributed by atoms with E-state index in [4.69, 9.17) is 8.92 Å². The smallest absolute Gasteiger partial charge is 0.304 e. The fourth-order valence-corrected chi connectivity index (χ4v) is 2.23. The summed E-state index contributed by atoms with van der Waals surface area (Å²) in [5, 5.41) is 0. The summed E-state index contributed by atoms with van der Waals surface area (Å²) in [5.74, 6) is -0.583. The molecule has 0 aromatic heterocycles. The first-order valence-corrected chi connectivity index (χ1v) is 7.53. The Morgan fingerprint density at radius 3 is 2.43 bits per heavy atom. The summed E-state index contributed by atoms with van der Waals surface area (Å²) in [5.41, 5.74) is 0.903. The third-order valence-corrected chi connectivity index (χ3v) is 3.75. The second-order valence-electron chi connectivity index (χ2n) is 4.25. The van der Waals surface area contributed by atoms with E-state index >= 15 is 0 Å². The van der Waals surface area contributed by atoms with Gasteiger partial charge in [-0.3, -0.25) is 8.98 Å². The number of aryl methyl sites for hydroxylation is 1. The van der Waals surface area contributed by atoms with E-state index in [1.54, 1.807) is 12.1 Å². The van der Waals surface area contributed by atoms with E-state index in [9.17, 15) is 17.6 Å². The Balaban J connectivity index is 2.54. The predicted molar refractivity (Wildman–Crippen MR) is 71.8 cm³/mol. The van der Waals surface area contributed by atoms with Gasteiger partial charge in [-0.05, 0) is 19.1 Å². The molecule has 0 unspecified atom stereocenters. The Morgan fingerprint density at radius 1 is 1.29 bits per heavy atom. The lowest BCUT2D eigenvalue weighted by Crippen LogP contribution is -2.26. The number of alkyl halides is 1. The van der Waals surface area contributed by atoms with E-state index in [-0.39, 0.29) is 4.90 Å². The lowest BCUT2D eigenvalue weighted by Gasteiger charge is -2.14. The fraction of sp³-hybridized carbons (Fsp3) is 0.462. The summed E-state index contributed by atoms with van der Waals surface area (Å²) in [4.78, 5) is 10.5. The maximum absolute atomic E-state index is 12.7. The minimum absolute atomic E-state index is 0.0225. The minimum Gasteiger partial charge on any atom is -0.439 e. The van der Waals surface area contributed by atoms with Crippen LogP contribution in [-0.4, -0.2) is 40.6 Å². The number of ether oxygens (including phenoxy) is 2. The van der Waals surface area contributed by atoms with E-state index in [1.807, 2.05) is 6.92 Å². The molecular formula is C13H17FO6S. The molecule has 118 valence electrons. The molecule has 1 rings (SSSR count). The molecule has 1 atom stereocenters. The van der Waals surface area contributed by atoms with Gasteiger partial charge < -0.3 is 9.47 Å². The molecule has 0 spiro atoms. The van der Waals surface area contributed by atoms with Crippen LogP contribution < -0.4 is 0 Å². The van der Waals surface area contributed by atoms with Gasteiger partial charge in [0.15, 0.2) is 6.79 Å². The first-order chi connectivity index (χ1) is 9.85. The van der Waals surface area contributed by atoms with E-state index in [2.05, 4.69) is 4.74 Å². The van der Waals surface area contributed by atoms with E-state index < -0.39 is 42.3 Å². The molecular weight excluding hydrogens is 303 g/mol. The molecule has 1 aromatic rings. The summed E-state index contributed by atoms with van der Waals surface area (Å²) in [7, 11) is -3.98. The first kappa shape index (κ1) is 17.5. The highest BCUT2D eigenvalue weighted by Gasteiger charge is 2.19. The molecule has 0 amide bonds. The number of hydrogen-bond donors (Lipinski definition) is 0. The maximum Gasteiger partial charge on any atom is 0.304 e. The van der Waals surface area contributed by atoms with E-state index in [0.717, 1.165) is 5.56 Å². The average Bonchev–Trinajstić information content (AvgIpc) is 2.42. The number of halogens is 1. The summed E-state index contributed by atoms with van der Waals surface area (Å²) >= 11 is 0. The number of benzene rings is 1. The standard InChI is InChI=1S/C13H17FO6S/c1-10-3-5-13(6-4-10)21(16,17)20-8-12(7-14)19-9-18-11(2)15/h3-6,12H,7-9H2,1-2H3/t12-/m0/s1. The summed E-state index contributed by atoms with van der Waals surface area (Å²) in [6.07, 6.45) is -1.13. The molecule has 21 heavy (non-hydrogen) atoms. The van der Waals surface area contributed by atoms with Crippen LogP contribution in [0.2, 0.25) is 0 Å². The molecule has 6 nitrogen and oxygen atoms in total. The van der Waals surface area contributed by atoms with Gasteiger partial charge in [0.25, 0.3) is 10.1 Å². The van der Waals surface area contributed by atoms with E-state index in [0.29, 0.717) is 0 Å². The van der Waals surface area contributed by atoms with Crippen molar-refractivity contribution >= 4 is 16.1 Å². The third kappa shape index (κ3) is 6.19. The van der Waals surface area contributed by atoms with Gasteiger partial charge >= 0.3 is 5.97 Å². The second-order valence-corrected chi connectivity index (χ2v) is 5.86. The van der Waals surface area contributed by atoms with Crippen LogP contribution in [-0.2, 0) is 28.6 Å². The van der Waals surface area contributed by atoms with Gasteiger partial charge in [-0.25, -0.2) is 4.39 Å². The minimum atomic E-state index is -3.98. The van der Waals surface area contributed by atoms with Crippen LogP contribution in [0, 0.1) is 6.92 Å². The lowest BCUT2D eigenvalue weighted by atomic mass is 10.2. The lowest BCUT2D eigenvalue weighted by molar-refractivity contribution is -0.160. The topological polar surface area (TPSA) is 78.9 Å². The molecule has 0 fully saturated rings. The molecule has 0 N–H and O–H groups in total. The second kappa shape index (κ2) is 8.06. The Bertz CT molecular complexity index is 555. The Labute approximate surface area is 122 Å². The molecule has 0 aliphatic heterocycles. The summed E-state index contributed by atoms with van der Waals surface area (Å²) in [6.45, 7) is 1.06. The van der Waals surface area contributed by atoms with Crippen molar-refractivity contribution in [3.63, 3.8) is 0 Å². The highest BCUT2D eigenvalue weighted by Crippen LogP contribution is 2.14. The van der Waals surface area contributed by atoms with Crippen LogP contribution in [0.25, 0.3) is 0 Å². The normalized spacial score (nSPS) is 12.9. The molecule has 0 aliphatic carbocycles. The van der Waals surface area contributed by atoms with Crippen LogP contribution >= 0.6 is 0 Å². The van der Waals surface area contributed by atoms with Crippen LogP contribution in [0.3, 0.4) is 0 Å². The van der Waals surface area contributed by atoms with Gasteiger partial charge in [0, 0.05) is 6.92 Å². The molecule has 8 heteroatoms. The molecule has 0 saturated carbocycles. The van der Waals surface area contributed by atoms with Crippen molar-refractivity contribution in [2.75, 3.05) is 20.1 Å². The van der Waals surface area contributed by atoms with Crippen LogP contribution in [0.15, 0.2) is 29.2 Å². The highest BCUT2D eigenvalue weighted by molar-refractivity contribution is 7.86. The number of esters is 1. The fourth-order valence-electron chi connectivity index (χ4n) is 1.29. The van der Waals surface area contributed by atoms with Crippen molar-refractivity contribution < 1.29 is 31.3 Å². The molecule has 0 aliphatic rings. The van der Waals surface area contributed by atoms with Gasteiger partial charge in [-0.2, -0.15) is 8.42 Å².